The molecule has 204 valence electrons. The van der Waals surface area contributed by atoms with Gasteiger partial charge in [0.25, 0.3) is 0 Å². The molecule has 0 heterocycles. The van der Waals surface area contributed by atoms with Crippen molar-refractivity contribution in [2.45, 2.75) is 70.1 Å². The van der Waals surface area contributed by atoms with Gasteiger partial charge in [0.1, 0.15) is 18.1 Å². The lowest BCUT2D eigenvalue weighted by molar-refractivity contribution is -0.143. The molecule has 3 amide bonds. The minimum Gasteiger partial charge on any atom is -0.481 e. The molecule has 0 bridgehead atoms. The summed E-state index contributed by atoms with van der Waals surface area (Å²) in [5.74, 6) is -6.52. The van der Waals surface area contributed by atoms with Crippen LogP contribution in [0.4, 0.5) is 0 Å². The van der Waals surface area contributed by atoms with E-state index < -0.39 is 72.6 Å². The predicted octanol–water partition coefficient (Wildman–Crippen LogP) is -0.519. The van der Waals surface area contributed by atoms with Gasteiger partial charge in [0, 0.05) is 12.8 Å². The van der Waals surface area contributed by atoms with Crippen molar-refractivity contribution >= 4 is 35.6 Å². The molecule has 1 aromatic rings. The number of aliphatic carboxylic acids is 3. The quantitative estimate of drug-likeness (QED) is 0.147. The van der Waals surface area contributed by atoms with Crippen molar-refractivity contribution in [1.82, 2.24) is 16.0 Å². The maximum absolute atomic E-state index is 13.2. The van der Waals surface area contributed by atoms with E-state index in [1.54, 1.807) is 44.2 Å². The Labute approximate surface area is 213 Å². The van der Waals surface area contributed by atoms with Gasteiger partial charge in [0.15, 0.2) is 0 Å². The second kappa shape index (κ2) is 15.2. The Hall–Kier alpha value is -4.00. The van der Waals surface area contributed by atoms with Gasteiger partial charge in [0.2, 0.25) is 17.7 Å². The number of carbonyl (C=O) groups excluding carboxylic acids is 3. The first-order valence-electron chi connectivity index (χ1n) is 11.7. The maximum Gasteiger partial charge on any atom is 0.326 e. The molecule has 0 aromatic heterocycles. The van der Waals surface area contributed by atoms with Gasteiger partial charge in [-0.1, -0.05) is 44.2 Å². The van der Waals surface area contributed by atoms with Crippen LogP contribution in [0, 0.1) is 5.92 Å². The fourth-order valence-electron chi connectivity index (χ4n) is 3.39. The molecule has 0 radical (unpaired) electrons. The first-order chi connectivity index (χ1) is 17.3. The largest absolute Gasteiger partial charge is 0.481 e. The molecule has 37 heavy (non-hydrogen) atoms. The SMILES string of the molecule is CC(C)CC(NC(=O)C(Cc1ccccc1)NC(=O)C(N)CC(=O)O)C(=O)NC(CCC(=O)O)C(=O)O. The van der Waals surface area contributed by atoms with Gasteiger partial charge < -0.3 is 37.0 Å². The van der Waals surface area contributed by atoms with E-state index in [1.165, 1.54) is 0 Å². The highest BCUT2D eigenvalue weighted by Gasteiger charge is 2.31. The van der Waals surface area contributed by atoms with Gasteiger partial charge in [-0.25, -0.2) is 4.79 Å². The number of nitrogens with one attached hydrogen (secondary N) is 3. The van der Waals surface area contributed by atoms with E-state index in [-0.39, 0.29) is 25.2 Å². The molecule has 8 N–H and O–H groups in total. The number of nitrogens with two attached hydrogens (primary N) is 1. The first kappa shape index (κ1) is 31.0. The van der Waals surface area contributed by atoms with E-state index in [0.29, 0.717) is 5.56 Å². The van der Waals surface area contributed by atoms with Crippen LogP contribution < -0.4 is 21.7 Å². The molecule has 0 fully saturated rings. The number of hydrogen-bond acceptors (Lipinski definition) is 7. The second-order valence-electron chi connectivity index (χ2n) is 8.98. The van der Waals surface area contributed by atoms with Gasteiger partial charge in [-0.15, -0.1) is 0 Å². The Morgan fingerprint density at radius 2 is 1.32 bits per heavy atom. The molecule has 0 saturated heterocycles. The van der Waals surface area contributed by atoms with E-state index in [1.807, 2.05) is 0 Å². The van der Waals surface area contributed by atoms with Crippen LogP contribution in [0.1, 0.15) is 45.1 Å². The third kappa shape index (κ3) is 12.0. The van der Waals surface area contributed by atoms with Gasteiger partial charge in [0.05, 0.1) is 12.5 Å². The van der Waals surface area contributed by atoms with E-state index in [4.69, 9.17) is 15.9 Å². The first-order valence-corrected chi connectivity index (χ1v) is 11.7. The molecule has 4 atom stereocenters. The third-order valence-electron chi connectivity index (χ3n) is 5.25. The van der Waals surface area contributed by atoms with Gasteiger partial charge in [-0.05, 0) is 24.3 Å². The molecule has 13 nitrogen and oxygen atoms in total. The Morgan fingerprint density at radius 3 is 1.84 bits per heavy atom. The van der Waals surface area contributed by atoms with Crippen LogP contribution in [-0.4, -0.2) is 75.1 Å². The van der Waals surface area contributed by atoms with Gasteiger partial charge in [-0.3, -0.25) is 24.0 Å². The Morgan fingerprint density at radius 1 is 0.784 bits per heavy atom. The summed E-state index contributed by atoms with van der Waals surface area (Å²) in [5.41, 5.74) is 6.29. The van der Waals surface area contributed by atoms with Crippen molar-refractivity contribution in [2.24, 2.45) is 11.7 Å². The van der Waals surface area contributed by atoms with Gasteiger partial charge >= 0.3 is 17.9 Å². The zero-order valence-corrected chi connectivity index (χ0v) is 20.7. The average molecular weight is 523 g/mol. The molecule has 1 aromatic carbocycles. The maximum atomic E-state index is 13.2. The summed E-state index contributed by atoms with van der Waals surface area (Å²) < 4.78 is 0. The van der Waals surface area contributed by atoms with Crippen molar-refractivity contribution in [3.05, 3.63) is 35.9 Å². The highest BCUT2D eigenvalue weighted by molar-refractivity contribution is 5.95. The van der Waals surface area contributed by atoms with Crippen LogP contribution in [-0.2, 0) is 35.2 Å². The van der Waals surface area contributed by atoms with Crippen molar-refractivity contribution in [2.75, 3.05) is 0 Å². The van der Waals surface area contributed by atoms with Crippen LogP contribution in [0.25, 0.3) is 0 Å². The molecule has 1 rings (SSSR count). The summed E-state index contributed by atoms with van der Waals surface area (Å²) in [7, 11) is 0. The normalized spacial score (nSPS) is 14.1. The fraction of sp³-hybridized carbons (Fsp3) is 0.500. The molecular formula is C24H34N4O9. The van der Waals surface area contributed by atoms with Crippen molar-refractivity contribution in [3.8, 4) is 0 Å². The molecule has 0 aliphatic carbocycles. The zero-order chi connectivity index (χ0) is 28.1. The third-order valence-corrected chi connectivity index (χ3v) is 5.25. The molecule has 0 spiro atoms. The van der Waals surface area contributed by atoms with Crippen LogP contribution in [0.3, 0.4) is 0 Å². The minimum atomic E-state index is -1.48. The number of hydrogen-bond donors (Lipinski definition) is 7. The number of amides is 3. The molecule has 0 saturated carbocycles. The Balaban J connectivity index is 3.10. The molecule has 0 aliphatic rings. The van der Waals surface area contributed by atoms with E-state index in [0.717, 1.165) is 0 Å². The standard InChI is InChI=1S/C24H34N4O9/c1-13(2)10-17(22(34)26-16(24(36)37)8-9-19(29)30)28-23(35)18(11-14-6-4-3-5-7-14)27-21(33)15(25)12-20(31)32/h3-7,13,15-18H,8-12,25H2,1-2H3,(H,26,34)(H,27,33)(H,28,35)(H,29,30)(H,31,32)(H,36,37). The number of carboxylic acids is 3. The van der Waals surface area contributed by atoms with Gasteiger partial charge in [-0.2, -0.15) is 0 Å². The average Bonchev–Trinajstić information content (AvgIpc) is 2.80. The lowest BCUT2D eigenvalue weighted by Crippen LogP contribution is -2.58. The van der Waals surface area contributed by atoms with Crippen LogP contribution >= 0.6 is 0 Å². The van der Waals surface area contributed by atoms with Crippen molar-refractivity contribution in [3.63, 3.8) is 0 Å². The highest BCUT2D eigenvalue weighted by Crippen LogP contribution is 2.09. The Kier molecular flexibility index (Phi) is 12.7. The zero-order valence-electron chi connectivity index (χ0n) is 20.7. The monoisotopic (exact) mass is 522 g/mol. The Bertz CT molecular complexity index is 968. The van der Waals surface area contributed by atoms with Crippen LogP contribution in [0.15, 0.2) is 30.3 Å². The van der Waals surface area contributed by atoms with E-state index in [2.05, 4.69) is 16.0 Å². The number of rotatable bonds is 16. The lowest BCUT2D eigenvalue weighted by Gasteiger charge is -2.26. The van der Waals surface area contributed by atoms with Crippen LogP contribution in [0.5, 0.6) is 0 Å². The van der Waals surface area contributed by atoms with E-state index in [9.17, 15) is 33.9 Å². The highest BCUT2D eigenvalue weighted by atomic mass is 16.4. The molecular weight excluding hydrogens is 488 g/mol. The summed E-state index contributed by atoms with van der Waals surface area (Å²) in [6, 6.07) is 3.31. The van der Waals surface area contributed by atoms with Crippen molar-refractivity contribution in [1.29, 1.82) is 0 Å². The van der Waals surface area contributed by atoms with Crippen LogP contribution in [0.2, 0.25) is 0 Å². The molecule has 0 aliphatic heterocycles. The molecule has 4 unspecified atom stereocenters. The topological polar surface area (TPSA) is 225 Å². The van der Waals surface area contributed by atoms with E-state index >= 15 is 0 Å². The minimum absolute atomic E-state index is 0.00455. The summed E-state index contributed by atoms with van der Waals surface area (Å²) in [5, 5.41) is 34.3. The summed E-state index contributed by atoms with van der Waals surface area (Å²) in [6.07, 6.45) is -1.37. The second-order valence-corrected chi connectivity index (χ2v) is 8.98. The lowest BCUT2D eigenvalue weighted by atomic mass is 10.00. The fourth-order valence-corrected chi connectivity index (χ4v) is 3.39. The summed E-state index contributed by atoms with van der Waals surface area (Å²) in [6.45, 7) is 3.55. The van der Waals surface area contributed by atoms with Crippen molar-refractivity contribution < 1.29 is 44.1 Å². The number of carbonyl (C=O) groups is 6. The summed E-state index contributed by atoms with van der Waals surface area (Å²) in [4.78, 5) is 71.8. The predicted molar refractivity (Wildman–Crippen MR) is 130 cm³/mol. The number of carboxylic acid groups (broad SMARTS) is 3. The number of benzene rings is 1. The smallest absolute Gasteiger partial charge is 0.326 e. The molecule has 13 heteroatoms. The summed E-state index contributed by atoms with van der Waals surface area (Å²) >= 11 is 0.